The zero-order chi connectivity index (χ0) is 29.7. The summed E-state index contributed by atoms with van der Waals surface area (Å²) in [6.45, 7) is 6.78. The highest BCUT2D eigenvalue weighted by molar-refractivity contribution is 5.97. The van der Waals surface area contributed by atoms with Crippen molar-refractivity contribution in [1.29, 1.82) is 0 Å². The standard InChI is InChI=1S/C31H45NO8/c1-19(12-23(33)17-30(2,3)38)29(37)32-24(14-21-10-11-27(39-5)26(35)15-21)25(34)16-22(13-20-8-6-7-9-20)28(36)31(4)18-40-31/h10-11,15,19-20,22,24,35,38H,6-9,12-14,16-18H2,1-5H3,(H,32,37). The molecule has 1 saturated carbocycles. The van der Waals surface area contributed by atoms with E-state index < -0.39 is 35.0 Å². The average Bonchev–Trinajstić information content (AvgIpc) is 3.40. The number of carbonyl (C=O) groups excluding carboxylic acids is 4. The van der Waals surface area contributed by atoms with E-state index in [4.69, 9.17) is 9.47 Å². The Hall–Kier alpha value is -2.78. The summed E-state index contributed by atoms with van der Waals surface area (Å²) in [6.07, 6.45) is 4.87. The second kappa shape index (κ2) is 13.3. The van der Waals surface area contributed by atoms with Crippen molar-refractivity contribution in [3.05, 3.63) is 23.8 Å². The van der Waals surface area contributed by atoms with E-state index in [9.17, 15) is 29.4 Å². The summed E-state index contributed by atoms with van der Waals surface area (Å²) < 4.78 is 10.5. The number of ether oxygens (including phenoxy) is 2. The Balaban J connectivity index is 1.78. The van der Waals surface area contributed by atoms with Crippen molar-refractivity contribution in [2.45, 2.75) is 103 Å². The van der Waals surface area contributed by atoms with E-state index in [2.05, 4.69) is 5.32 Å². The Morgan fingerprint density at radius 3 is 2.38 bits per heavy atom. The van der Waals surface area contributed by atoms with Gasteiger partial charge in [-0.2, -0.15) is 0 Å². The molecule has 2 aliphatic rings. The van der Waals surface area contributed by atoms with Crippen LogP contribution in [0.1, 0.15) is 84.6 Å². The van der Waals surface area contributed by atoms with Crippen LogP contribution in [0.15, 0.2) is 18.2 Å². The number of Topliss-reactive ketones (excluding diaryl/α,β-unsaturated/α-hetero) is 3. The van der Waals surface area contributed by atoms with E-state index in [0.717, 1.165) is 25.7 Å². The number of ketones is 3. The van der Waals surface area contributed by atoms with Crippen molar-refractivity contribution in [2.75, 3.05) is 13.7 Å². The molecule has 1 aliphatic carbocycles. The maximum absolute atomic E-state index is 13.8. The van der Waals surface area contributed by atoms with E-state index in [1.807, 2.05) is 0 Å². The molecule has 1 aromatic carbocycles. The first-order valence-electron chi connectivity index (χ1n) is 14.3. The summed E-state index contributed by atoms with van der Waals surface area (Å²) in [5.41, 5.74) is -1.41. The lowest BCUT2D eigenvalue weighted by Crippen LogP contribution is -2.46. The number of amides is 1. The molecule has 1 amide bonds. The fourth-order valence-corrected chi connectivity index (χ4v) is 5.65. The monoisotopic (exact) mass is 559 g/mol. The number of phenolic OH excluding ortho intramolecular Hbond substituents is 1. The van der Waals surface area contributed by atoms with Gasteiger partial charge < -0.3 is 25.0 Å². The first-order valence-corrected chi connectivity index (χ1v) is 14.3. The third-order valence-corrected chi connectivity index (χ3v) is 8.01. The molecule has 1 aromatic rings. The Morgan fingerprint density at radius 1 is 1.18 bits per heavy atom. The van der Waals surface area contributed by atoms with Crippen LogP contribution in [0.2, 0.25) is 0 Å². The van der Waals surface area contributed by atoms with Gasteiger partial charge >= 0.3 is 0 Å². The van der Waals surface area contributed by atoms with Crippen LogP contribution in [-0.4, -0.2) is 64.4 Å². The Bertz CT molecular complexity index is 1080. The van der Waals surface area contributed by atoms with Gasteiger partial charge in [0.05, 0.1) is 25.4 Å². The molecule has 1 aliphatic heterocycles. The van der Waals surface area contributed by atoms with Crippen molar-refractivity contribution in [2.24, 2.45) is 17.8 Å². The predicted octanol–water partition coefficient (Wildman–Crippen LogP) is 3.70. The number of phenols is 1. The van der Waals surface area contributed by atoms with Crippen molar-refractivity contribution < 1.29 is 38.9 Å². The number of carbonyl (C=O) groups is 4. The fourth-order valence-electron chi connectivity index (χ4n) is 5.65. The molecular weight excluding hydrogens is 514 g/mol. The molecule has 4 unspecified atom stereocenters. The fraction of sp³-hybridized carbons (Fsp3) is 0.677. The van der Waals surface area contributed by atoms with Gasteiger partial charge in [0.2, 0.25) is 5.91 Å². The number of methoxy groups -OCH3 is 1. The van der Waals surface area contributed by atoms with Crippen molar-refractivity contribution in [1.82, 2.24) is 5.32 Å². The smallest absolute Gasteiger partial charge is 0.223 e. The maximum atomic E-state index is 13.8. The van der Waals surface area contributed by atoms with Crippen LogP contribution in [-0.2, 0) is 30.3 Å². The van der Waals surface area contributed by atoms with Gasteiger partial charge in [0.25, 0.3) is 0 Å². The summed E-state index contributed by atoms with van der Waals surface area (Å²) in [5, 5.41) is 23.0. The van der Waals surface area contributed by atoms with Crippen LogP contribution < -0.4 is 10.1 Å². The lowest BCUT2D eigenvalue weighted by atomic mass is 9.81. The van der Waals surface area contributed by atoms with E-state index >= 15 is 0 Å². The highest BCUT2D eigenvalue weighted by Crippen LogP contribution is 2.37. The van der Waals surface area contributed by atoms with Gasteiger partial charge in [0.1, 0.15) is 11.4 Å². The molecule has 3 rings (SSSR count). The van der Waals surface area contributed by atoms with E-state index in [1.54, 1.807) is 26.0 Å². The summed E-state index contributed by atoms with van der Waals surface area (Å²) >= 11 is 0. The third-order valence-electron chi connectivity index (χ3n) is 8.01. The zero-order valence-electron chi connectivity index (χ0n) is 24.5. The minimum atomic E-state index is -1.18. The highest BCUT2D eigenvalue weighted by atomic mass is 16.6. The quantitative estimate of drug-likeness (QED) is 0.260. The van der Waals surface area contributed by atoms with Crippen molar-refractivity contribution in [3.63, 3.8) is 0 Å². The number of hydrogen-bond donors (Lipinski definition) is 3. The van der Waals surface area contributed by atoms with Gasteiger partial charge in [0.15, 0.2) is 23.1 Å². The van der Waals surface area contributed by atoms with E-state index in [-0.39, 0.29) is 54.5 Å². The van der Waals surface area contributed by atoms with Crippen molar-refractivity contribution >= 4 is 23.3 Å². The van der Waals surface area contributed by atoms with Crippen LogP contribution in [0.3, 0.4) is 0 Å². The number of aliphatic hydroxyl groups is 1. The molecule has 0 spiro atoms. The number of epoxide rings is 1. The molecule has 4 atom stereocenters. The van der Waals surface area contributed by atoms with Crippen LogP contribution in [0.4, 0.5) is 0 Å². The summed E-state index contributed by atoms with van der Waals surface area (Å²) in [5.74, 6) is -1.69. The Labute approximate surface area is 237 Å². The molecule has 3 N–H and O–H groups in total. The van der Waals surface area contributed by atoms with Crippen LogP contribution in [0, 0.1) is 17.8 Å². The van der Waals surface area contributed by atoms with Crippen LogP contribution >= 0.6 is 0 Å². The number of benzene rings is 1. The maximum Gasteiger partial charge on any atom is 0.223 e. The molecule has 9 heteroatoms. The Kier molecular flexibility index (Phi) is 10.5. The number of aromatic hydroxyl groups is 1. The minimum Gasteiger partial charge on any atom is -0.504 e. The lowest BCUT2D eigenvalue weighted by molar-refractivity contribution is -0.135. The van der Waals surface area contributed by atoms with Crippen LogP contribution in [0.25, 0.3) is 0 Å². The summed E-state index contributed by atoms with van der Waals surface area (Å²) in [4.78, 5) is 52.6. The summed E-state index contributed by atoms with van der Waals surface area (Å²) in [7, 11) is 1.44. The summed E-state index contributed by atoms with van der Waals surface area (Å²) in [6, 6.07) is 3.83. The molecular formula is C31H45NO8. The van der Waals surface area contributed by atoms with Crippen LogP contribution in [0.5, 0.6) is 11.5 Å². The second-order valence-electron chi connectivity index (χ2n) is 12.5. The van der Waals surface area contributed by atoms with E-state index in [0.29, 0.717) is 24.5 Å². The molecule has 1 heterocycles. The topological polar surface area (TPSA) is 143 Å². The Morgan fingerprint density at radius 2 is 1.82 bits per heavy atom. The first-order chi connectivity index (χ1) is 18.7. The van der Waals surface area contributed by atoms with Gasteiger partial charge in [-0.15, -0.1) is 0 Å². The molecule has 9 nitrogen and oxygen atoms in total. The normalized spacial score (nSPS) is 21.4. The highest BCUT2D eigenvalue weighted by Gasteiger charge is 2.50. The molecule has 1 saturated heterocycles. The number of nitrogens with one attached hydrogen (secondary N) is 1. The first kappa shape index (κ1) is 31.7. The lowest BCUT2D eigenvalue weighted by Gasteiger charge is -2.25. The minimum absolute atomic E-state index is 0.0205. The largest absolute Gasteiger partial charge is 0.504 e. The zero-order valence-corrected chi connectivity index (χ0v) is 24.5. The predicted molar refractivity (Wildman–Crippen MR) is 149 cm³/mol. The van der Waals surface area contributed by atoms with Gasteiger partial charge in [-0.3, -0.25) is 19.2 Å². The molecule has 0 aromatic heterocycles. The van der Waals surface area contributed by atoms with Gasteiger partial charge in [-0.05, 0) is 57.2 Å². The molecule has 222 valence electrons. The molecule has 0 bridgehead atoms. The second-order valence-corrected chi connectivity index (χ2v) is 12.5. The molecule has 0 radical (unpaired) electrons. The molecule has 2 fully saturated rings. The van der Waals surface area contributed by atoms with E-state index in [1.165, 1.54) is 27.0 Å². The van der Waals surface area contributed by atoms with Gasteiger partial charge in [-0.1, -0.05) is 38.7 Å². The molecule has 40 heavy (non-hydrogen) atoms. The van der Waals surface area contributed by atoms with Gasteiger partial charge in [0, 0.05) is 31.1 Å². The average molecular weight is 560 g/mol. The number of rotatable bonds is 16. The number of hydrogen-bond acceptors (Lipinski definition) is 8. The van der Waals surface area contributed by atoms with Gasteiger partial charge in [-0.25, -0.2) is 0 Å². The third kappa shape index (κ3) is 9.13. The SMILES string of the molecule is COc1ccc(CC(NC(=O)C(C)CC(=O)CC(C)(C)O)C(=O)CC(CC2CCCC2)C(=O)C2(C)CO2)cc1O. The van der Waals surface area contributed by atoms with Crippen molar-refractivity contribution in [3.8, 4) is 11.5 Å².